The van der Waals surface area contributed by atoms with Gasteiger partial charge in [-0.2, -0.15) is 10.4 Å². The number of thiophene rings is 1. The van der Waals surface area contributed by atoms with Gasteiger partial charge >= 0.3 is 0 Å². The third-order valence-corrected chi connectivity index (χ3v) is 3.68. The zero-order valence-corrected chi connectivity index (χ0v) is 11.4. The molecular formula is C13H11N5OS. The minimum Gasteiger partial charge on any atom is -0.389 e. The number of pyridine rings is 1. The Balaban J connectivity index is 2.10. The molecule has 0 saturated carbocycles. The maximum Gasteiger partial charge on any atom is 0.281 e. The van der Waals surface area contributed by atoms with Gasteiger partial charge in [0.2, 0.25) is 0 Å². The summed E-state index contributed by atoms with van der Waals surface area (Å²) in [5, 5.41) is 13.1. The molecule has 6 nitrogen and oxygen atoms in total. The number of anilines is 1. The first-order valence-corrected chi connectivity index (χ1v) is 6.47. The number of hydrazone groups is 1. The molecule has 1 amide bonds. The van der Waals surface area contributed by atoms with Crippen LogP contribution in [0.3, 0.4) is 0 Å². The number of nitrogens with two attached hydrogens (primary N) is 1. The number of nitrogen functional groups attached to an aromatic ring is 1. The number of nitrogens with one attached hydrogen (secondary N) is 1. The number of nitrogens with zero attached hydrogens (tertiary/aromatic N) is 3. The van der Waals surface area contributed by atoms with Crippen LogP contribution in [0.5, 0.6) is 0 Å². The predicted octanol–water partition coefficient (Wildman–Crippen LogP) is 1.67. The third kappa shape index (κ3) is 2.81. The van der Waals surface area contributed by atoms with Crippen LogP contribution < -0.4 is 11.2 Å². The van der Waals surface area contributed by atoms with Crippen molar-refractivity contribution in [3.63, 3.8) is 0 Å². The standard InChI is InChI=1S/C13H11N5OS/c1-8-10(5-14)12(15)20-11(8)13(19)18-17-7-9-3-2-4-16-6-9/h2-4,6-7H,15H2,1H3,(H,18,19)/b17-7+. The number of carbonyl (C=O) groups excluding carboxylic acids is 1. The van der Waals surface area contributed by atoms with Crippen LogP contribution >= 0.6 is 11.3 Å². The molecule has 3 N–H and O–H groups in total. The molecule has 0 aromatic carbocycles. The molecule has 0 aliphatic rings. The normalized spacial score (nSPS) is 10.4. The molecule has 0 fully saturated rings. The second-order valence-electron chi connectivity index (χ2n) is 3.89. The lowest BCUT2D eigenvalue weighted by molar-refractivity contribution is 0.0958. The van der Waals surface area contributed by atoms with E-state index in [4.69, 9.17) is 11.0 Å². The molecule has 0 saturated heterocycles. The van der Waals surface area contributed by atoms with Crippen molar-refractivity contribution in [3.8, 4) is 6.07 Å². The number of amides is 1. The van der Waals surface area contributed by atoms with Gasteiger partial charge in [0.15, 0.2) is 0 Å². The molecule has 0 radical (unpaired) electrons. The van der Waals surface area contributed by atoms with Crippen LogP contribution in [0.2, 0.25) is 0 Å². The minimum absolute atomic E-state index is 0.339. The molecule has 0 spiro atoms. The molecule has 0 atom stereocenters. The molecule has 0 bridgehead atoms. The fourth-order valence-corrected chi connectivity index (χ4v) is 2.47. The van der Waals surface area contributed by atoms with Crippen LogP contribution in [0.1, 0.15) is 26.4 Å². The summed E-state index contributed by atoms with van der Waals surface area (Å²) in [6.45, 7) is 1.69. The summed E-state index contributed by atoms with van der Waals surface area (Å²) in [6.07, 6.45) is 4.76. The van der Waals surface area contributed by atoms with Gasteiger partial charge in [0.25, 0.3) is 5.91 Å². The van der Waals surface area contributed by atoms with Crippen molar-refractivity contribution in [1.29, 1.82) is 5.26 Å². The van der Waals surface area contributed by atoms with E-state index in [1.54, 1.807) is 25.4 Å². The van der Waals surface area contributed by atoms with Gasteiger partial charge in [-0.3, -0.25) is 9.78 Å². The van der Waals surface area contributed by atoms with Crippen LogP contribution in [0.25, 0.3) is 0 Å². The van der Waals surface area contributed by atoms with Crippen molar-refractivity contribution in [2.75, 3.05) is 5.73 Å². The van der Waals surface area contributed by atoms with Crippen LogP contribution in [-0.2, 0) is 0 Å². The first kappa shape index (κ1) is 13.7. The summed E-state index contributed by atoms with van der Waals surface area (Å²) >= 11 is 1.08. The van der Waals surface area contributed by atoms with Crippen molar-refractivity contribution >= 4 is 28.5 Å². The Morgan fingerprint density at radius 3 is 3.05 bits per heavy atom. The van der Waals surface area contributed by atoms with Crippen LogP contribution in [0.15, 0.2) is 29.6 Å². The smallest absolute Gasteiger partial charge is 0.281 e. The lowest BCUT2D eigenvalue weighted by Crippen LogP contribution is -2.17. The number of carbonyl (C=O) groups is 1. The van der Waals surface area contributed by atoms with Gasteiger partial charge in [0.05, 0.1) is 11.8 Å². The average Bonchev–Trinajstić information content (AvgIpc) is 2.74. The van der Waals surface area contributed by atoms with Crippen LogP contribution in [0.4, 0.5) is 5.00 Å². The second-order valence-corrected chi connectivity index (χ2v) is 4.94. The summed E-state index contributed by atoms with van der Waals surface area (Å²) in [5.74, 6) is -0.388. The highest BCUT2D eigenvalue weighted by Gasteiger charge is 2.17. The van der Waals surface area contributed by atoms with Crippen molar-refractivity contribution in [3.05, 3.63) is 46.1 Å². The maximum atomic E-state index is 11.9. The van der Waals surface area contributed by atoms with E-state index in [1.807, 2.05) is 12.1 Å². The monoisotopic (exact) mass is 285 g/mol. The maximum absolute atomic E-state index is 11.9. The molecule has 7 heteroatoms. The summed E-state index contributed by atoms with van der Waals surface area (Å²) in [6, 6.07) is 5.56. The van der Waals surface area contributed by atoms with Crippen LogP contribution in [-0.4, -0.2) is 17.1 Å². The lowest BCUT2D eigenvalue weighted by atomic mass is 10.2. The van der Waals surface area contributed by atoms with Crippen molar-refractivity contribution in [2.45, 2.75) is 6.92 Å². The quantitative estimate of drug-likeness (QED) is 0.661. The Kier molecular flexibility index (Phi) is 4.08. The molecule has 0 aliphatic heterocycles. The number of nitriles is 1. The number of aromatic nitrogens is 1. The number of rotatable bonds is 3. The second kappa shape index (κ2) is 5.95. The molecule has 0 aliphatic carbocycles. The van der Waals surface area contributed by atoms with Gasteiger partial charge in [-0.15, -0.1) is 11.3 Å². The Morgan fingerprint density at radius 1 is 1.65 bits per heavy atom. The van der Waals surface area contributed by atoms with Gasteiger partial charge in [-0.1, -0.05) is 6.07 Å². The molecule has 2 aromatic rings. The third-order valence-electron chi connectivity index (χ3n) is 2.56. The summed E-state index contributed by atoms with van der Waals surface area (Å²) in [4.78, 5) is 16.3. The van der Waals surface area contributed by atoms with E-state index in [9.17, 15) is 4.79 Å². The molecule has 2 rings (SSSR count). The van der Waals surface area contributed by atoms with E-state index in [1.165, 1.54) is 6.21 Å². The van der Waals surface area contributed by atoms with E-state index in [0.717, 1.165) is 16.9 Å². The highest BCUT2D eigenvalue weighted by Crippen LogP contribution is 2.29. The van der Waals surface area contributed by atoms with Gasteiger partial charge in [-0.25, -0.2) is 5.43 Å². The predicted molar refractivity (Wildman–Crippen MR) is 77.5 cm³/mol. The molecule has 20 heavy (non-hydrogen) atoms. The van der Waals surface area contributed by atoms with Gasteiger partial charge in [0.1, 0.15) is 15.9 Å². The average molecular weight is 285 g/mol. The Labute approximate surface area is 119 Å². The zero-order valence-electron chi connectivity index (χ0n) is 10.6. The van der Waals surface area contributed by atoms with Crippen molar-refractivity contribution in [2.24, 2.45) is 5.10 Å². The Bertz CT molecular complexity index is 700. The summed E-state index contributed by atoms with van der Waals surface area (Å²) in [5.41, 5.74) is 9.77. The molecule has 2 aromatic heterocycles. The minimum atomic E-state index is -0.388. The lowest BCUT2D eigenvalue weighted by Gasteiger charge is -1.97. The van der Waals surface area contributed by atoms with Crippen molar-refractivity contribution in [1.82, 2.24) is 10.4 Å². The SMILES string of the molecule is Cc1c(C(=O)N/N=C/c2cccnc2)sc(N)c1C#N. The van der Waals surface area contributed by atoms with E-state index < -0.39 is 0 Å². The fourth-order valence-electron chi connectivity index (χ4n) is 1.56. The van der Waals surface area contributed by atoms with Gasteiger partial charge < -0.3 is 5.73 Å². The van der Waals surface area contributed by atoms with E-state index in [2.05, 4.69) is 15.5 Å². The van der Waals surface area contributed by atoms with Gasteiger partial charge in [0, 0.05) is 18.0 Å². The van der Waals surface area contributed by atoms with Crippen LogP contribution in [0, 0.1) is 18.3 Å². The van der Waals surface area contributed by atoms with Crippen molar-refractivity contribution < 1.29 is 4.79 Å². The van der Waals surface area contributed by atoms with Gasteiger partial charge in [-0.05, 0) is 18.6 Å². The summed E-state index contributed by atoms with van der Waals surface area (Å²) in [7, 11) is 0. The first-order chi connectivity index (χ1) is 9.63. The molecule has 0 unspecified atom stereocenters. The fraction of sp³-hybridized carbons (Fsp3) is 0.0769. The number of hydrogen-bond acceptors (Lipinski definition) is 6. The Morgan fingerprint density at radius 2 is 2.45 bits per heavy atom. The van der Waals surface area contributed by atoms with E-state index in [-0.39, 0.29) is 5.91 Å². The first-order valence-electron chi connectivity index (χ1n) is 5.66. The highest BCUT2D eigenvalue weighted by molar-refractivity contribution is 7.18. The largest absolute Gasteiger partial charge is 0.389 e. The molecule has 2 heterocycles. The summed E-state index contributed by atoms with van der Waals surface area (Å²) < 4.78 is 0. The van der Waals surface area contributed by atoms with E-state index in [0.29, 0.717) is 21.0 Å². The highest BCUT2D eigenvalue weighted by atomic mass is 32.1. The number of hydrogen-bond donors (Lipinski definition) is 2. The molecule has 100 valence electrons. The zero-order chi connectivity index (χ0) is 14.5. The Hall–Kier alpha value is -2.72. The molecular weight excluding hydrogens is 274 g/mol. The topological polar surface area (TPSA) is 104 Å². The van der Waals surface area contributed by atoms with E-state index >= 15 is 0 Å².